The zero-order valence-electron chi connectivity index (χ0n) is 14.2. The van der Waals surface area contributed by atoms with Crippen molar-refractivity contribution in [2.45, 2.75) is 18.6 Å². The number of carbonyl (C=O) groups excluding carboxylic acids is 1. The van der Waals surface area contributed by atoms with Crippen LogP contribution in [0.3, 0.4) is 0 Å². The molecule has 134 valence electrons. The Morgan fingerprint density at radius 3 is 2.46 bits per heavy atom. The standard InChI is InChI=1S/C19H18ClN3OS2/c1-2-17-22-23-19(26-17)21-16(24)12-25-18(13-6-4-3-5-7-13)14-8-10-15(20)11-9-14/h3-11,18H,2,12H2,1H3,(H,21,23,24). The lowest BCUT2D eigenvalue weighted by molar-refractivity contribution is -0.113. The number of aryl methyl sites for hydroxylation is 1. The van der Waals surface area contributed by atoms with Gasteiger partial charge in [0.1, 0.15) is 5.01 Å². The first-order valence-electron chi connectivity index (χ1n) is 8.20. The number of halogens is 1. The molecule has 3 rings (SSSR count). The van der Waals surface area contributed by atoms with Crippen LogP contribution in [0.15, 0.2) is 54.6 Å². The average molecular weight is 404 g/mol. The number of anilines is 1. The van der Waals surface area contributed by atoms with Gasteiger partial charge in [-0.2, -0.15) is 0 Å². The van der Waals surface area contributed by atoms with Crippen LogP contribution >= 0.6 is 34.7 Å². The molecular weight excluding hydrogens is 386 g/mol. The molecule has 1 unspecified atom stereocenters. The van der Waals surface area contributed by atoms with E-state index in [9.17, 15) is 4.79 Å². The lowest BCUT2D eigenvalue weighted by Gasteiger charge is -2.17. The van der Waals surface area contributed by atoms with Gasteiger partial charge in [-0.3, -0.25) is 10.1 Å². The summed E-state index contributed by atoms with van der Waals surface area (Å²) in [5, 5.41) is 13.1. The highest BCUT2D eigenvalue weighted by atomic mass is 35.5. The number of thioether (sulfide) groups is 1. The van der Waals surface area contributed by atoms with E-state index in [-0.39, 0.29) is 11.2 Å². The summed E-state index contributed by atoms with van der Waals surface area (Å²) in [6, 6.07) is 17.9. The van der Waals surface area contributed by atoms with Crippen molar-refractivity contribution in [1.29, 1.82) is 0 Å². The molecule has 2 aromatic carbocycles. The molecule has 1 atom stereocenters. The zero-order valence-corrected chi connectivity index (χ0v) is 16.6. The van der Waals surface area contributed by atoms with Crippen LogP contribution in [0.1, 0.15) is 28.3 Å². The summed E-state index contributed by atoms with van der Waals surface area (Å²) in [7, 11) is 0. The van der Waals surface area contributed by atoms with Gasteiger partial charge in [-0.1, -0.05) is 72.3 Å². The molecule has 0 bridgehead atoms. The van der Waals surface area contributed by atoms with Crippen molar-refractivity contribution in [2.75, 3.05) is 11.1 Å². The van der Waals surface area contributed by atoms with Crippen LogP contribution in [-0.4, -0.2) is 21.9 Å². The van der Waals surface area contributed by atoms with Crippen LogP contribution in [0.25, 0.3) is 0 Å². The Labute approximate surface area is 166 Å². The van der Waals surface area contributed by atoms with E-state index in [1.165, 1.54) is 11.3 Å². The average Bonchev–Trinajstić information content (AvgIpc) is 3.11. The van der Waals surface area contributed by atoms with E-state index in [1.807, 2.05) is 49.4 Å². The number of rotatable bonds is 7. The maximum Gasteiger partial charge on any atom is 0.236 e. The Bertz CT molecular complexity index is 853. The van der Waals surface area contributed by atoms with Crippen molar-refractivity contribution in [2.24, 2.45) is 0 Å². The van der Waals surface area contributed by atoms with Crippen LogP contribution in [0.5, 0.6) is 0 Å². The molecule has 0 saturated carbocycles. The van der Waals surface area contributed by atoms with Crippen molar-refractivity contribution < 1.29 is 4.79 Å². The highest BCUT2D eigenvalue weighted by Gasteiger charge is 2.17. The fourth-order valence-electron chi connectivity index (χ4n) is 2.41. The topological polar surface area (TPSA) is 54.9 Å². The molecule has 0 aliphatic heterocycles. The number of hydrogen-bond acceptors (Lipinski definition) is 5. The molecule has 0 aliphatic rings. The van der Waals surface area contributed by atoms with E-state index in [4.69, 9.17) is 11.6 Å². The number of hydrogen-bond donors (Lipinski definition) is 1. The Morgan fingerprint density at radius 2 is 1.81 bits per heavy atom. The minimum absolute atomic E-state index is 0.0554. The summed E-state index contributed by atoms with van der Waals surface area (Å²) in [5.74, 6) is 0.243. The van der Waals surface area contributed by atoms with Gasteiger partial charge < -0.3 is 0 Å². The second kappa shape index (κ2) is 9.16. The molecule has 1 aromatic heterocycles. The molecule has 1 heterocycles. The molecule has 3 aromatic rings. The molecule has 7 heteroatoms. The molecule has 1 amide bonds. The number of nitrogens with zero attached hydrogens (tertiary/aromatic N) is 2. The second-order valence-electron chi connectivity index (χ2n) is 5.56. The maximum atomic E-state index is 12.3. The van der Waals surface area contributed by atoms with Crippen LogP contribution in [-0.2, 0) is 11.2 Å². The lowest BCUT2D eigenvalue weighted by Crippen LogP contribution is -2.15. The minimum Gasteiger partial charge on any atom is -0.300 e. The molecular formula is C19H18ClN3OS2. The Morgan fingerprint density at radius 1 is 1.12 bits per heavy atom. The van der Waals surface area contributed by atoms with Crippen molar-refractivity contribution in [3.05, 3.63) is 75.8 Å². The minimum atomic E-state index is -0.0799. The van der Waals surface area contributed by atoms with Gasteiger partial charge >= 0.3 is 0 Å². The first kappa shape index (κ1) is 18.9. The summed E-state index contributed by atoms with van der Waals surface area (Å²) >= 11 is 9.00. The highest BCUT2D eigenvalue weighted by molar-refractivity contribution is 8.00. The number of nitrogens with one attached hydrogen (secondary N) is 1. The third-order valence-corrected chi connectivity index (χ3v) is 6.21. The van der Waals surface area contributed by atoms with Gasteiger partial charge in [0.15, 0.2) is 0 Å². The van der Waals surface area contributed by atoms with E-state index in [1.54, 1.807) is 11.8 Å². The SMILES string of the molecule is CCc1nnc(NC(=O)CSC(c2ccccc2)c2ccc(Cl)cc2)s1. The van der Waals surface area contributed by atoms with Gasteiger partial charge in [0.2, 0.25) is 11.0 Å². The third kappa shape index (κ3) is 5.06. The van der Waals surface area contributed by atoms with E-state index in [0.717, 1.165) is 22.6 Å². The normalized spacial score (nSPS) is 11.9. The molecule has 26 heavy (non-hydrogen) atoms. The first-order chi connectivity index (χ1) is 12.7. The van der Waals surface area contributed by atoms with Crippen LogP contribution in [0.4, 0.5) is 5.13 Å². The lowest BCUT2D eigenvalue weighted by atomic mass is 10.0. The number of benzene rings is 2. The molecule has 0 aliphatic carbocycles. The van der Waals surface area contributed by atoms with Gasteiger partial charge in [0, 0.05) is 5.02 Å². The predicted molar refractivity (Wildman–Crippen MR) is 110 cm³/mol. The first-order valence-corrected chi connectivity index (χ1v) is 10.4. The van der Waals surface area contributed by atoms with Crippen molar-refractivity contribution in [1.82, 2.24) is 10.2 Å². The van der Waals surface area contributed by atoms with Crippen LogP contribution < -0.4 is 5.32 Å². The van der Waals surface area contributed by atoms with Crippen molar-refractivity contribution in [3.8, 4) is 0 Å². The summed E-state index contributed by atoms with van der Waals surface area (Å²) in [5.41, 5.74) is 2.26. The molecule has 0 radical (unpaired) electrons. The Balaban J connectivity index is 1.69. The maximum absolute atomic E-state index is 12.3. The van der Waals surface area contributed by atoms with E-state index < -0.39 is 0 Å². The quantitative estimate of drug-likeness (QED) is 0.587. The monoisotopic (exact) mass is 403 g/mol. The van der Waals surface area contributed by atoms with Gasteiger partial charge in [0.05, 0.1) is 11.0 Å². The van der Waals surface area contributed by atoms with Gasteiger partial charge in [0.25, 0.3) is 0 Å². The predicted octanol–water partition coefficient (Wildman–Crippen LogP) is 5.22. The fourth-order valence-corrected chi connectivity index (χ4v) is 4.32. The molecule has 0 spiro atoms. The van der Waals surface area contributed by atoms with E-state index >= 15 is 0 Å². The summed E-state index contributed by atoms with van der Waals surface area (Å²) in [4.78, 5) is 12.3. The number of amides is 1. The summed E-state index contributed by atoms with van der Waals surface area (Å²) in [6.45, 7) is 2.01. The second-order valence-corrected chi connectivity index (χ2v) is 8.15. The summed E-state index contributed by atoms with van der Waals surface area (Å²) in [6.07, 6.45) is 0.814. The molecule has 4 nitrogen and oxygen atoms in total. The van der Waals surface area contributed by atoms with Gasteiger partial charge in [-0.15, -0.1) is 22.0 Å². The van der Waals surface area contributed by atoms with E-state index in [2.05, 4.69) is 27.6 Å². The Kier molecular flexibility index (Phi) is 6.66. The van der Waals surface area contributed by atoms with Crippen molar-refractivity contribution in [3.63, 3.8) is 0 Å². The van der Waals surface area contributed by atoms with Gasteiger partial charge in [-0.25, -0.2) is 0 Å². The fraction of sp³-hybridized carbons (Fsp3) is 0.211. The largest absolute Gasteiger partial charge is 0.300 e. The van der Waals surface area contributed by atoms with Crippen LogP contribution in [0, 0.1) is 0 Å². The zero-order chi connectivity index (χ0) is 18.4. The Hall–Kier alpha value is -1.89. The van der Waals surface area contributed by atoms with Gasteiger partial charge in [-0.05, 0) is 29.7 Å². The van der Waals surface area contributed by atoms with Crippen molar-refractivity contribution >= 4 is 45.7 Å². The van der Waals surface area contributed by atoms with E-state index in [0.29, 0.717) is 15.9 Å². The third-order valence-electron chi connectivity index (χ3n) is 3.67. The summed E-state index contributed by atoms with van der Waals surface area (Å²) < 4.78 is 0. The highest BCUT2D eigenvalue weighted by Crippen LogP contribution is 2.36. The molecule has 1 N–H and O–H groups in total. The molecule has 0 saturated heterocycles. The smallest absolute Gasteiger partial charge is 0.236 e. The number of aromatic nitrogens is 2. The molecule has 0 fully saturated rings. The van der Waals surface area contributed by atoms with Crippen LogP contribution in [0.2, 0.25) is 5.02 Å². The number of carbonyl (C=O) groups is 1.